The van der Waals surface area contributed by atoms with E-state index in [1.54, 1.807) is 0 Å². The van der Waals surface area contributed by atoms with Crippen molar-refractivity contribution in [3.05, 3.63) is 42.0 Å². The van der Waals surface area contributed by atoms with Gasteiger partial charge in [0.25, 0.3) is 0 Å². The lowest BCUT2D eigenvalue weighted by molar-refractivity contribution is 0.289. The standard InChI is InChI=1S/C25H36O/c1-3-5-7-10-22-13-15-23(16-14-22)11-8-9-12-24-17-19-25(20-18-24)26-21-6-4-2/h8,11,17-20,22-23H,3-7,10,13-16,21H2,1-2H3/b11-8+/t22-,23-. The molecule has 0 radical (unpaired) electrons. The lowest BCUT2D eigenvalue weighted by atomic mass is 9.79. The molecule has 0 spiro atoms. The van der Waals surface area contributed by atoms with E-state index in [0.717, 1.165) is 42.6 Å². The van der Waals surface area contributed by atoms with Crippen LogP contribution in [0, 0.1) is 23.7 Å². The molecule has 1 fully saturated rings. The smallest absolute Gasteiger partial charge is 0.119 e. The topological polar surface area (TPSA) is 9.23 Å². The van der Waals surface area contributed by atoms with Crippen LogP contribution in [-0.2, 0) is 0 Å². The number of allylic oxidation sites excluding steroid dienone is 2. The molecule has 0 unspecified atom stereocenters. The zero-order chi connectivity index (χ0) is 18.5. The molecule has 2 rings (SSSR count). The maximum atomic E-state index is 5.68. The number of unbranched alkanes of at least 4 members (excludes halogenated alkanes) is 3. The van der Waals surface area contributed by atoms with Gasteiger partial charge in [0.1, 0.15) is 5.75 Å². The number of hydrogen-bond donors (Lipinski definition) is 0. The molecule has 0 N–H and O–H groups in total. The van der Waals surface area contributed by atoms with Crippen molar-refractivity contribution in [2.24, 2.45) is 11.8 Å². The van der Waals surface area contributed by atoms with Crippen LogP contribution < -0.4 is 4.74 Å². The highest BCUT2D eigenvalue weighted by molar-refractivity contribution is 5.40. The van der Waals surface area contributed by atoms with Gasteiger partial charge in [-0.25, -0.2) is 0 Å². The summed E-state index contributed by atoms with van der Waals surface area (Å²) in [4.78, 5) is 0. The fourth-order valence-electron chi connectivity index (χ4n) is 3.63. The Labute approximate surface area is 161 Å². The molecule has 0 heterocycles. The molecule has 142 valence electrons. The lowest BCUT2D eigenvalue weighted by Gasteiger charge is -2.26. The van der Waals surface area contributed by atoms with E-state index < -0.39 is 0 Å². The summed E-state index contributed by atoms with van der Waals surface area (Å²) in [6.07, 6.45) is 17.8. The van der Waals surface area contributed by atoms with Gasteiger partial charge in [-0.2, -0.15) is 0 Å². The third-order valence-electron chi connectivity index (χ3n) is 5.40. The highest BCUT2D eigenvalue weighted by Crippen LogP contribution is 2.32. The molecule has 0 saturated heterocycles. The van der Waals surface area contributed by atoms with Gasteiger partial charge in [0.05, 0.1) is 6.61 Å². The molecule has 1 aromatic rings. The third-order valence-corrected chi connectivity index (χ3v) is 5.40. The molecule has 1 aromatic carbocycles. The summed E-state index contributed by atoms with van der Waals surface area (Å²) in [5.41, 5.74) is 1.05. The summed E-state index contributed by atoms with van der Waals surface area (Å²) in [6, 6.07) is 8.12. The van der Waals surface area contributed by atoms with E-state index in [0.29, 0.717) is 0 Å². The van der Waals surface area contributed by atoms with E-state index in [9.17, 15) is 0 Å². The van der Waals surface area contributed by atoms with E-state index in [-0.39, 0.29) is 0 Å². The van der Waals surface area contributed by atoms with Crippen molar-refractivity contribution < 1.29 is 4.74 Å². The van der Waals surface area contributed by atoms with E-state index in [2.05, 4.69) is 37.8 Å². The maximum absolute atomic E-state index is 5.68. The first-order chi connectivity index (χ1) is 12.8. The Morgan fingerprint density at radius 2 is 1.69 bits per heavy atom. The minimum atomic E-state index is 0.737. The van der Waals surface area contributed by atoms with Crippen LogP contribution in [0.2, 0.25) is 0 Å². The lowest BCUT2D eigenvalue weighted by Crippen LogP contribution is -2.12. The molecule has 0 bridgehead atoms. The van der Waals surface area contributed by atoms with E-state index >= 15 is 0 Å². The van der Waals surface area contributed by atoms with Crippen molar-refractivity contribution >= 4 is 0 Å². The molecule has 1 aliphatic rings. The van der Waals surface area contributed by atoms with Gasteiger partial charge in [-0.15, -0.1) is 0 Å². The molecular weight excluding hydrogens is 316 g/mol. The molecule has 1 heteroatoms. The molecule has 1 saturated carbocycles. The highest BCUT2D eigenvalue weighted by Gasteiger charge is 2.18. The van der Waals surface area contributed by atoms with Crippen LogP contribution in [0.4, 0.5) is 0 Å². The minimum Gasteiger partial charge on any atom is -0.494 e. The Morgan fingerprint density at radius 3 is 2.38 bits per heavy atom. The largest absolute Gasteiger partial charge is 0.494 e. The average molecular weight is 353 g/mol. The number of ether oxygens (including phenoxy) is 1. The Balaban J connectivity index is 1.69. The van der Waals surface area contributed by atoms with E-state index in [1.807, 2.05) is 24.3 Å². The normalized spacial score (nSPS) is 19.9. The Kier molecular flexibility index (Phi) is 10.0. The van der Waals surface area contributed by atoms with Gasteiger partial charge in [-0.05, 0) is 74.3 Å². The van der Waals surface area contributed by atoms with Crippen LogP contribution in [-0.4, -0.2) is 6.61 Å². The van der Waals surface area contributed by atoms with Crippen LogP contribution in [0.5, 0.6) is 5.75 Å². The fraction of sp³-hybridized carbons (Fsp3) is 0.600. The maximum Gasteiger partial charge on any atom is 0.119 e. The summed E-state index contributed by atoms with van der Waals surface area (Å²) in [7, 11) is 0. The Hall–Kier alpha value is -1.68. The quantitative estimate of drug-likeness (QED) is 0.338. The summed E-state index contributed by atoms with van der Waals surface area (Å²) in [5, 5.41) is 0. The monoisotopic (exact) mass is 352 g/mol. The van der Waals surface area contributed by atoms with Gasteiger partial charge in [0.15, 0.2) is 0 Å². The third kappa shape index (κ3) is 8.13. The highest BCUT2D eigenvalue weighted by atomic mass is 16.5. The first-order valence-corrected chi connectivity index (χ1v) is 10.7. The zero-order valence-electron chi connectivity index (χ0n) is 16.8. The van der Waals surface area contributed by atoms with Crippen LogP contribution in [0.3, 0.4) is 0 Å². The van der Waals surface area contributed by atoms with Crippen LogP contribution in [0.1, 0.15) is 83.6 Å². The van der Waals surface area contributed by atoms with Crippen molar-refractivity contribution in [3.63, 3.8) is 0 Å². The van der Waals surface area contributed by atoms with Gasteiger partial charge in [-0.1, -0.05) is 63.9 Å². The molecule has 1 nitrogen and oxygen atoms in total. The van der Waals surface area contributed by atoms with Gasteiger partial charge in [0.2, 0.25) is 0 Å². The minimum absolute atomic E-state index is 0.737. The molecule has 0 amide bonds. The van der Waals surface area contributed by atoms with Gasteiger partial charge < -0.3 is 4.74 Å². The van der Waals surface area contributed by atoms with Crippen molar-refractivity contribution in [1.29, 1.82) is 0 Å². The zero-order valence-corrected chi connectivity index (χ0v) is 16.8. The predicted octanol–water partition coefficient (Wildman–Crippen LogP) is 7.16. The molecular formula is C25H36O. The second-order valence-electron chi connectivity index (χ2n) is 7.63. The molecule has 26 heavy (non-hydrogen) atoms. The first-order valence-electron chi connectivity index (χ1n) is 10.7. The second kappa shape index (κ2) is 12.6. The number of benzene rings is 1. The SMILES string of the molecule is CCCCC[C@H]1CC[C@H](/C=C/C#Cc2ccc(OCCCC)cc2)CC1. The molecule has 0 atom stereocenters. The fourth-order valence-corrected chi connectivity index (χ4v) is 3.63. The van der Waals surface area contributed by atoms with Crippen molar-refractivity contribution in [1.82, 2.24) is 0 Å². The van der Waals surface area contributed by atoms with Gasteiger partial charge in [0, 0.05) is 5.56 Å². The Morgan fingerprint density at radius 1 is 0.962 bits per heavy atom. The Bertz CT molecular complexity index is 564. The predicted molar refractivity (Wildman–Crippen MR) is 112 cm³/mol. The summed E-state index contributed by atoms with van der Waals surface area (Å²) in [5.74, 6) is 9.09. The first kappa shape index (κ1) is 20.6. The number of hydrogen-bond acceptors (Lipinski definition) is 1. The average Bonchev–Trinajstić information content (AvgIpc) is 2.68. The van der Waals surface area contributed by atoms with Crippen molar-refractivity contribution in [3.8, 4) is 17.6 Å². The van der Waals surface area contributed by atoms with Crippen molar-refractivity contribution in [2.75, 3.05) is 6.61 Å². The van der Waals surface area contributed by atoms with Crippen LogP contribution in [0.25, 0.3) is 0 Å². The summed E-state index contributed by atoms with van der Waals surface area (Å²) < 4.78 is 5.68. The molecule has 1 aliphatic carbocycles. The second-order valence-corrected chi connectivity index (χ2v) is 7.63. The van der Waals surface area contributed by atoms with Gasteiger partial charge >= 0.3 is 0 Å². The summed E-state index contributed by atoms with van der Waals surface area (Å²) in [6.45, 7) is 5.26. The van der Waals surface area contributed by atoms with Gasteiger partial charge in [-0.3, -0.25) is 0 Å². The van der Waals surface area contributed by atoms with E-state index in [4.69, 9.17) is 4.74 Å². The van der Waals surface area contributed by atoms with E-state index in [1.165, 1.54) is 51.4 Å². The molecule has 0 aliphatic heterocycles. The van der Waals surface area contributed by atoms with Crippen LogP contribution in [0.15, 0.2) is 36.4 Å². The summed E-state index contributed by atoms with van der Waals surface area (Å²) >= 11 is 0. The van der Waals surface area contributed by atoms with Crippen molar-refractivity contribution in [2.45, 2.75) is 78.1 Å². The van der Waals surface area contributed by atoms with Crippen LogP contribution >= 0.6 is 0 Å². The number of rotatable bonds is 9. The molecule has 0 aromatic heterocycles.